The zero-order valence-corrected chi connectivity index (χ0v) is 5.02. The van der Waals surface area contributed by atoms with Gasteiger partial charge < -0.3 is 0 Å². The van der Waals surface area contributed by atoms with Crippen molar-refractivity contribution in [1.82, 2.24) is 0 Å². The van der Waals surface area contributed by atoms with Crippen molar-refractivity contribution in [3.05, 3.63) is 12.2 Å². The second-order valence-electron chi connectivity index (χ2n) is 2.40. The van der Waals surface area contributed by atoms with E-state index in [0.29, 0.717) is 0 Å². The molecule has 40 valence electrons. The molecule has 7 heavy (non-hydrogen) atoms. The van der Waals surface area contributed by atoms with Crippen LogP contribution in [-0.4, -0.2) is 0 Å². The van der Waals surface area contributed by atoms with E-state index in [9.17, 15) is 0 Å². The van der Waals surface area contributed by atoms with Crippen LogP contribution < -0.4 is 0 Å². The SMILES string of the molecule is C/C=C/[C@@H]1C[C@@H]1C. The van der Waals surface area contributed by atoms with E-state index in [1.807, 2.05) is 0 Å². The Hall–Kier alpha value is -0.260. The molecule has 0 nitrogen and oxygen atoms in total. The number of rotatable bonds is 1. The van der Waals surface area contributed by atoms with Crippen molar-refractivity contribution in [2.75, 3.05) is 0 Å². The summed E-state index contributed by atoms with van der Waals surface area (Å²) in [5.74, 6) is 1.92. The van der Waals surface area contributed by atoms with Crippen molar-refractivity contribution < 1.29 is 0 Å². The molecule has 0 heterocycles. The maximum Gasteiger partial charge on any atom is -0.0205 e. The predicted octanol–water partition coefficient (Wildman–Crippen LogP) is 2.22. The minimum Gasteiger partial charge on any atom is -0.0914 e. The summed E-state index contributed by atoms with van der Waals surface area (Å²) in [5, 5.41) is 0. The van der Waals surface area contributed by atoms with Gasteiger partial charge in [-0.05, 0) is 25.2 Å². The number of allylic oxidation sites excluding steroid dienone is 2. The van der Waals surface area contributed by atoms with E-state index in [2.05, 4.69) is 26.0 Å². The maximum absolute atomic E-state index is 2.30. The van der Waals surface area contributed by atoms with Crippen molar-refractivity contribution in [3.63, 3.8) is 0 Å². The van der Waals surface area contributed by atoms with Crippen LogP contribution in [0.2, 0.25) is 0 Å². The average molecular weight is 96.2 g/mol. The third-order valence-corrected chi connectivity index (χ3v) is 1.61. The van der Waals surface area contributed by atoms with Crippen molar-refractivity contribution in [1.29, 1.82) is 0 Å². The monoisotopic (exact) mass is 96.1 g/mol. The van der Waals surface area contributed by atoms with Gasteiger partial charge in [-0.3, -0.25) is 0 Å². The lowest BCUT2D eigenvalue weighted by Crippen LogP contribution is -1.64. The van der Waals surface area contributed by atoms with Crippen LogP contribution in [0.3, 0.4) is 0 Å². The molecule has 2 atom stereocenters. The molecule has 1 saturated carbocycles. The van der Waals surface area contributed by atoms with E-state index >= 15 is 0 Å². The van der Waals surface area contributed by atoms with Gasteiger partial charge in [0.2, 0.25) is 0 Å². The largest absolute Gasteiger partial charge is 0.0914 e. The normalized spacial score (nSPS) is 39.7. The Bertz CT molecular complexity index is 82.0. The number of hydrogen-bond donors (Lipinski definition) is 0. The first kappa shape index (κ1) is 4.89. The highest BCUT2D eigenvalue weighted by Gasteiger charge is 2.28. The van der Waals surface area contributed by atoms with Gasteiger partial charge in [-0.15, -0.1) is 0 Å². The van der Waals surface area contributed by atoms with Crippen molar-refractivity contribution in [2.45, 2.75) is 20.3 Å². The van der Waals surface area contributed by atoms with Crippen LogP contribution in [0.15, 0.2) is 12.2 Å². The smallest absolute Gasteiger partial charge is 0.0205 e. The van der Waals surface area contributed by atoms with Gasteiger partial charge in [0.05, 0.1) is 0 Å². The van der Waals surface area contributed by atoms with E-state index in [-0.39, 0.29) is 0 Å². The second kappa shape index (κ2) is 1.69. The van der Waals surface area contributed by atoms with Gasteiger partial charge in [-0.1, -0.05) is 19.1 Å². The molecule has 0 radical (unpaired) electrons. The molecule has 0 aromatic heterocycles. The first-order valence-corrected chi connectivity index (χ1v) is 2.97. The summed E-state index contributed by atoms with van der Waals surface area (Å²) < 4.78 is 0. The molecule has 0 saturated heterocycles. The highest BCUT2D eigenvalue weighted by atomic mass is 14.3. The average Bonchev–Trinajstić information content (AvgIpc) is 2.22. The Morgan fingerprint density at radius 2 is 2.14 bits per heavy atom. The zero-order chi connectivity index (χ0) is 5.28. The molecule has 0 bridgehead atoms. The maximum atomic E-state index is 2.30. The molecule has 0 unspecified atom stereocenters. The summed E-state index contributed by atoms with van der Waals surface area (Å²) in [6.07, 6.45) is 5.86. The Labute approximate surface area is 45.2 Å². The van der Waals surface area contributed by atoms with Gasteiger partial charge in [-0.25, -0.2) is 0 Å². The molecule has 1 fully saturated rings. The molecule has 0 spiro atoms. The quantitative estimate of drug-likeness (QED) is 0.439. The first-order valence-electron chi connectivity index (χ1n) is 2.97. The summed E-state index contributed by atoms with van der Waals surface area (Å²) in [5.41, 5.74) is 0. The van der Waals surface area contributed by atoms with Gasteiger partial charge >= 0.3 is 0 Å². The molecule has 1 aliphatic carbocycles. The fraction of sp³-hybridized carbons (Fsp3) is 0.714. The van der Waals surface area contributed by atoms with Crippen molar-refractivity contribution in [3.8, 4) is 0 Å². The Morgan fingerprint density at radius 3 is 2.29 bits per heavy atom. The lowest BCUT2D eigenvalue weighted by molar-refractivity contribution is 0.898. The molecule has 1 aliphatic rings. The van der Waals surface area contributed by atoms with Crippen molar-refractivity contribution >= 4 is 0 Å². The molecular formula is C7H12. The van der Waals surface area contributed by atoms with Crippen LogP contribution in [0.25, 0.3) is 0 Å². The fourth-order valence-electron chi connectivity index (χ4n) is 0.866. The number of hydrogen-bond acceptors (Lipinski definition) is 0. The standard InChI is InChI=1S/C7H12/c1-3-4-7-5-6(7)2/h3-4,6-7H,5H2,1-2H3/b4-3+/t6-,7+/m0/s1. The molecule has 0 aromatic carbocycles. The second-order valence-corrected chi connectivity index (χ2v) is 2.40. The minimum absolute atomic E-state index is 0.935. The van der Waals surface area contributed by atoms with Crippen LogP contribution in [0.4, 0.5) is 0 Å². The van der Waals surface area contributed by atoms with Crippen LogP contribution >= 0.6 is 0 Å². The van der Waals surface area contributed by atoms with Crippen molar-refractivity contribution in [2.24, 2.45) is 11.8 Å². The van der Waals surface area contributed by atoms with Crippen LogP contribution in [0, 0.1) is 11.8 Å². The van der Waals surface area contributed by atoms with E-state index in [1.165, 1.54) is 6.42 Å². The summed E-state index contributed by atoms with van der Waals surface area (Å²) >= 11 is 0. The van der Waals surface area contributed by atoms with Gasteiger partial charge in [0, 0.05) is 0 Å². The predicted molar refractivity (Wildman–Crippen MR) is 32.1 cm³/mol. The van der Waals surface area contributed by atoms with Gasteiger partial charge in [-0.2, -0.15) is 0 Å². The van der Waals surface area contributed by atoms with Gasteiger partial charge in [0.25, 0.3) is 0 Å². The van der Waals surface area contributed by atoms with Gasteiger partial charge in [0.1, 0.15) is 0 Å². The van der Waals surface area contributed by atoms with E-state index in [4.69, 9.17) is 0 Å². The highest BCUT2D eigenvalue weighted by molar-refractivity contribution is 4.98. The molecule has 0 aromatic rings. The minimum atomic E-state index is 0.935. The molecule has 0 aliphatic heterocycles. The Kier molecular flexibility index (Phi) is 1.18. The molecule has 1 rings (SSSR count). The van der Waals surface area contributed by atoms with Crippen LogP contribution in [-0.2, 0) is 0 Å². The highest BCUT2D eigenvalue weighted by Crippen LogP contribution is 2.38. The van der Waals surface area contributed by atoms with E-state index in [0.717, 1.165) is 11.8 Å². The van der Waals surface area contributed by atoms with Crippen LogP contribution in [0.1, 0.15) is 20.3 Å². The summed E-state index contributed by atoms with van der Waals surface area (Å²) in [6.45, 7) is 4.38. The van der Waals surface area contributed by atoms with E-state index in [1.54, 1.807) is 0 Å². The topological polar surface area (TPSA) is 0 Å². The van der Waals surface area contributed by atoms with E-state index < -0.39 is 0 Å². The molecule has 0 amide bonds. The lowest BCUT2D eigenvalue weighted by atomic mass is 10.3. The molecule has 0 heteroatoms. The first-order chi connectivity index (χ1) is 3.34. The van der Waals surface area contributed by atoms with Crippen LogP contribution in [0.5, 0.6) is 0 Å². The Balaban J connectivity index is 2.21. The van der Waals surface area contributed by atoms with Gasteiger partial charge in [0.15, 0.2) is 0 Å². The molecule has 0 N–H and O–H groups in total. The fourth-order valence-corrected chi connectivity index (χ4v) is 0.866. The molecular weight excluding hydrogens is 84.1 g/mol. The summed E-state index contributed by atoms with van der Waals surface area (Å²) in [6, 6.07) is 0. The third kappa shape index (κ3) is 1.05. The Morgan fingerprint density at radius 1 is 1.57 bits per heavy atom. The zero-order valence-electron chi connectivity index (χ0n) is 5.02. The summed E-state index contributed by atoms with van der Waals surface area (Å²) in [4.78, 5) is 0. The summed E-state index contributed by atoms with van der Waals surface area (Å²) in [7, 11) is 0. The third-order valence-electron chi connectivity index (χ3n) is 1.61. The lowest BCUT2D eigenvalue weighted by Gasteiger charge is -1.75.